The molecule has 0 aromatic carbocycles. The number of pyridine rings is 1. The van der Waals surface area contributed by atoms with Crippen molar-refractivity contribution in [1.82, 2.24) is 15.2 Å². The molecule has 13 nitrogen and oxygen atoms in total. The van der Waals surface area contributed by atoms with Crippen molar-refractivity contribution in [2.75, 3.05) is 62.3 Å². The van der Waals surface area contributed by atoms with Crippen LogP contribution in [0, 0.1) is 0 Å². The van der Waals surface area contributed by atoms with Gasteiger partial charge in [0.05, 0.1) is 11.6 Å². The van der Waals surface area contributed by atoms with E-state index in [0.717, 1.165) is 0 Å². The van der Waals surface area contributed by atoms with Gasteiger partial charge in [0, 0.05) is 87.0 Å². The molecule has 0 aliphatic heterocycles. The first-order valence-corrected chi connectivity index (χ1v) is 17.2. The topological polar surface area (TPSA) is 142 Å². The van der Waals surface area contributed by atoms with Crippen LogP contribution in [-0.2, 0) is 31.4 Å². The lowest BCUT2D eigenvalue weighted by Crippen LogP contribution is -2.44. The van der Waals surface area contributed by atoms with Crippen LogP contribution in [0.3, 0.4) is 0 Å². The van der Waals surface area contributed by atoms with E-state index >= 15 is 0 Å². The van der Waals surface area contributed by atoms with Crippen LogP contribution in [0.2, 0.25) is 12.1 Å². The molecule has 1 heterocycles. The van der Waals surface area contributed by atoms with Crippen molar-refractivity contribution < 1.29 is 36.1 Å². The zero-order valence-electron chi connectivity index (χ0n) is 25.2. The SMILES string of the molecule is CO[Si](CCCN(CCC[Si](OC)(OC)OC)C(=O)CCCNC(=O)c1ccc(N=NC(C)C)nc1)(OC)OC. The van der Waals surface area contributed by atoms with Gasteiger partial charge in [0.25, 0.3) is 5.91 Å². The van der Waals surface area contributed by atoms with Gasteiger partial charge < -0.3 is 36.8 Å². The van der Waals surface area contributed by atoms with Gasteiger partial charge in [0.2, 0.25) is 5.91 Å². The van der Waals surface area contributed by atoms with Gasteiger partial charge >= 0.3 is 17.6 Å². The molecule has 40 heavy (non-hydrogen) atoms. The second-order valence-corrected chi connectivity index (χ2v) is 15.4. The van der Waals surface area contributed by atoms with Crippen LogP contribution in [0.15, 0.2) is 28.6 Å². The molecule has 0 radical (unpaired) electrons. The van der Waals surface area contributed by atoms with E-state index in [2.05, 4.69) is 20.5 Å². The summed E-state index contributed by atoms with van der Waals surface area (Å²) in [7, 11) is 3.95. The molecule has 1 aromatic heterocycles. The molecular formula is C25H47N5O8Si2. The molecule has 228 valence electrons. The summed E-state index contributed by atoms with van der Waals surface area (Å²) in [5.74, 6) is 0.178. The van der Waals surface area contributed by atoms with E-state index in [0.29, 0.717) is 62.4 Å². The van der Waals surface area contributed by atoms with Crippen molar-refractivity contribution in [3.05, 3.63) is 23.9 Å². The maximum atomic E-state index is 13.2. The molecule has 0 aliphatic rings. The summed E-state index contributed by atoms with van der Waals surface area (Å²) >= 11 is 0. The van der Waals surface area contributed by atoms with Gasteiger partial charge in [-0.2, -0.15) is 5.11 Å². The molecule has 2 amide bonds. The maximum absolute atomic E-state index is 13.2. The van der Waals surface area contributed by atoms with Crippen molar-refractivity contribution in [2.45, 2.75) is 57.7 Å². The Balaban J connectivity index is 2.67. The first-order valence-electron chi connectivity index (χ1n) is 13.4. The predicted molar refractivity (Wildman–Crippen MR) is 154 cm³/mol. The average Bonchev–Trinajstić information content (AvgIpc) is 2.98. The lowest BCUT2D eigenvalue weighted by molar-refractivity contribution is -0.131. The largest absolute Gasteiger partial charge is 0.500 e. The van der Waals surface area contributed by atoms with E-state index in [-0.39, 0.29) is 24.3 Å². The first kappa shape index (κ1) is 35.9. The lowest BCUT2D eigenvalue weighted by Gasteiger charge is -2.28. The number of azo groups is 1. The number of carbonyl (C=O) groups excluding carboxylic acids is 2. The van der Waals surface area contributed by atoms with Crippen LogP contribution in [0.4, 0.5) is 5.82 Å². The Labute approximate surface area is 240 Å². The number of hydrogen-bond acceptors (Lipinski definition) is 11. The minimum Gasteiger partial charge on any atom is -0.377 e. The molecule has 0 aliphatic carbocycles. The molecule has 0 fully saturated rings. The molecule has 0 bridgehead atoms. The molecule has 1 aromatic rings. The molecule has 15 heteroatoms. The molecule has 0 spiro atoms. The van der Waals surface area contributed by atoms with Crippen molar-refractivity contribution in [2.24, 2.45) is 10.2 Å². The Kier molecular flexibility index (Phi) is 17.1. The summed E-state index contributed by atoms with van der Waals surface area (Å²) in [5.41, 5.74) is 0.417. The van der Waals surface area contributed by atoms with Crippen molar-refractivity contribution >= 4 is 35.2 Å². The summed E-state index contributed by atoms with van der Waals surface area (Å²) < 4.78 is 33.0. The van der Waals surface area contributed by atoms with Crippen molar-refractivity contribution in [1.29, 1.82) is 0 Å². The number of nitrogens with zero attached hydrogens (tertiary/aromatic N) is 4. The number of aromatic nitrogens is 1. The maximum Gasteiger partial charge on any atom is 0.500 e. The average molecular weight is 602 g/mol. The summed E-state index contributed by atoms with van der Waals surface area (Å²) in [6.45, 7) is 5.23. The van der Waals surface area contributed by atoms with Gasteiger partial charge in [0.1, 0.15) is 0 Å². The number of amides is 2. The van der Waals surface area contributed by atoms with Gasteiger partial charge in [-0.15, -0.1) is 5.11 Å². The van der Waals surface area contributed by atoms with Crippen LogP contribution in [0.5, 0.6) is 0 Å². The molecule has 0 saturated carbocycles. The molecular weight excluding hydrogens is 554 g/mol. The molecule has 0 saturated heterocycles. The third kappa shape index (κ3) is 12.2. The van der Waals surface area contributed by atoms with Gasteiger partial charge in [-0.1, -0.05) is 0 Å². The van der Waals surface area contributed by atoms with E-state index in [4.69, 9.17) is 26.6 Å². The van der Waals surface area contributed by atoms with Gasteiger partial charge in [-0.25, -0.2) is 4.98 Å². The lowest BCUT2D eigenvalue weighted by atomic mass is 10.2. The molecule has 0 atom stereocenters. The standard InChI is InChI=1S/C25H47N5O8Si2/c1-21(2)28-29-23-14-13-22(20-27-23)25(32)26-15-9-12-24(31)30(16-10-18-39(33-3,34-4)35-5)17-11-19-40(36-6,37-7)38-8/h13-14,20-21H,9-12,15-19H2,1-8H3,(H,26,32). The fourth-order valence-corrected chi connectivity index (χ4v) is 7.31. The van der Waals surface area contributed by atoms with E-state index < -0.39 is 17.6 Å². The minimum absolute atomic E-state index is 0.00480. The fraction of sp³-hybridized carbons (Fsp3) is 0.720. The number of carbonyl (C=O) groups is 2. The smallest absolute Gasteiger partial charge is 0.377 e. The van der Waals surface area contributed by atoms with Crippen molar-refractivity contribution in [3.63, 3.8) is 0 Å². The fourth-order valence-electron chi connectivity index (χ4n) is 3.90. The number of rotatable bonds is 21. The molecule has 1 N–H and O–H groups in total. The zero-order chi connectivity index (χ0) is 30.0. The highest BCUT2D eigenvalue weighted by Crippen LogP contribution is 2.18. The minimum atomic E-state index is -2.74. The summed E-state index contributed by atoms with van der Waals surface area (Å²) in [6.07, 6.45) is 3.56. The van der Waals surface area contributed by atoms with E-state index in [1.807, 2.05) is 18.7 Å². The van der Waals surface area contributed by atoms with Gasteiger partial charge in [-0.3, -0.25) is 9.59 Å². The second-order valence-electron chi connectivity index (χ2n) is 9.25. The van der Waals surface area contributed by atoms with Crippen LogP contribution >= 0.6 is 0 Å². The third-order valence-electron chi connectivity index (χ3n) is 6.29. The van der Waals surface area contributed by atoms with E-state index in [9.17, 15) is 9.59 Å². The van der Waals surface area contributed by atoms with Crippen LogP contribution in [-0.4, -0.2) is 108 Å². The van der Waals surface area contributed by atoms with Crippen molar-refractivity contribution in [3.8, 4) is 0 Å². The Morgan fingerprint density at radius 1 is 0.875 bits per heavy atom. The van der Waals surface area contributed by atoms with Gasteiger partial charge in [-0.05, 0) is 45.2 Å². The first-order chi connectivity index (χ1) is 19.1. The van der Waals surface area contributed by atoms with E-state index in [1.54, 1.807) is 54.8 Å². The van der Waals surface area contributed by atoms with Crippen LogP contribution in [0.1, 0.15) is 49.9 Å². The van der Waals surface area contributed by atoms with E-state index in [1.165, 1.54) is 6.20 Å². The summed E-state index contributed by atoms with van der Waals surface area (Å²) in [4.78, 5) is 31.6. The van der Waals surface area contributed by atoms with Gasteiger partial charge in [0.15, 0.2) is 5.82 Å². The Morgan fingerprint density at radius 3 is 1.82 bits per heavy atom. The number of hydrogen-bond donors (Lipinski definition) is 1. The summed E-state index contributed by atoms with van der Waals surface area (Å²) in [6, 6.07) is 4.52. The molecule has 0 unspecified atom stereocenters. The molecule has 1 rings (SSSR count). The predicted octanol–water partition coefficient (Wildman–Crippen LogP) is 3.45. The quantitative estimate of drug-likeness (QED) is 0.127. The number of nitrogens with one attached hydrogen (secondary N) is 1. The van der Waals surface area contributed by atoms with Crippen LogP contribution < -0.4 is 5.32 Å². The Hall–Kier alpha value is -2.12. The highest BCUT2D eigenvalue weighted by atomic mass is 28.4. The highest BCUT2D eigenvalue weighted by Gasteiger charge is 2.38. The normalized spacial score (nSPS) is 12.3. The second kappa shape index (κ2) is 19.1. The Morgan fingerprint density at radius 2 is 1.40 bits per heavy atom. The highest BCUT2D eigenvalue weighted by molar-refractivity contribution is 6.60. The monoisotopic (exact) mass is 601 g/mol. The third-order valence-corrected chi connectivity index (χ3v) is 12.0. The zero-order valence-corrected chi connectivity index (χ0v) is 27.2. The Bertz CT molecular complexity index is 857. The van der Waals surface area contributed by atoms with Crippen LogP contribution in [0.25, 0.3) is 0 Å². The summed E-state index contributed by atoms with van der Waals surface area (Å²) in [5, 5.41) is 10.9.